The lowest BCUT2D eigenvalue weighted by Gasteiger charge is -2.26. The molecular formula is C24H33NO2. The molecule has 0 radical (unpaired) electrons. The third-order valence-electron chi connectivity index (χ3n) is 5.68. The van der Waals surface area contributed by atoms with Crippen LogP contribution in [-0.2, 0) is 5.41 Å². The van der Waals surface area contributed by atoms with Gasteiger partial charge in [-0.25, -0.2) is 0 Å². The second-order valence-corrected chi connectivity index (χ2v) is 8.20. The van der Waals surface area contributed by atoms with E-state index in [-0.39, 0.29) is 5.41 Å². The van der Waals surface area contributed by atoms with E-state index in [1.165, 1.54) is 36.8 Å². The van der Waals surface area contributed by atoms with Gasteiger partial charge in [0, 0.05) is 12.0 Å². The Bertz CT molecular complexity index is 673. The molecule has 0 aromatic heterocycles. The first-order valence-corrected chi connectivity index (χ1v) is 10.2. The van der Waals surface area contributed by atoms with Crippen molar-refractivity contribution in [2.75, 3.05) is 26.2 Å². The van der Waals surface area contributed by atoms with Crippen LogP contribution in [0, 0.1) is 0 Å². The van der Waals surface area contributed by atoms with Gasteiger partial charge in [-0.3, -0.25) is 0 Å². The second-order valence-electron chi connectivity index (χ2n) is 8.20. The summed E-state index contributed by atoms with van der Waals surface area (Å²) in [6, 6.07) is 18.8. The molecule has 0 aliphatic carbocycles. The zero-order valence-corrected chi connectivity index (χ0v) is 16.7. The molecule has 1 heterocycles. The maximum atomic E-state index is 10.3. The number of hydrogen-bond acceptors (Lipinski definition) is 3. The van der Waals surface area contributed by atoms with Gasteiger partial charge in [-0.15, -0.1) is 0 Å². The van der Waals surface area contributed by atoms with Gasteiger partial charge in [0.1, 0.15) is 18.5 Å². The highest BCUT2D eigenvalue weighted by atomic mass is 16.5. The molecule has 1 N–H and O–H groups in total. The van der Waals surface area contributed by atoms with Gasteiger partial charge in [0.05, 0.1) is 0 Å². The van der Waals surface area contributed by atoms with Gasteiger partial charge < -0.3 is 14.7 Å². The predicted octanol–water partition coefficient (Wildman–Crippen LogP) is 4.63. The highest BCUT2D eigenvalue weighted by Crippen LogP contribution is 2.32. The predicted molar refractivity (Wildman–Crippen MR) is 111 cm³/mol. The summed E-state index contributed by atoms with van der Waals surface area (Å²) in [5.41, 5.74) is 2.50. The zero-order chi connectivity index (χ0) is 19.1. The van der Waals surface area contributed by atoms with Crippen molar-refractivity contribution in [1.29, 1.82) is 0 Å². The summed E-state index contributed by atoms with van der Waals surface area (Å²) in [4.78, 5) is 2.37. The maximum absolute atomic E-state index is 10.3. The Balaban J connectivity index is 1.53. The summed E-state index contributed by atoms with van der Waals surface area (Å²) < 4.78 is 5.84. The van der Waals surface area contributed by atoms with E-state index in [9.17, 15) is 5.11 Å². The summed E-state index contributed by atoms with van der Waals surface area (Å²) in [5.74, 6) is 0.817. The van der Waals surface area contributed by atoms with Gasteiger partial charge in [-0.1, -0.05) is 69.2 Å². The van der Waals surface area contributed by atoms with Crippen LogP contribution in [0.3, 0.4) is 0 Å². The van der Waals surface area contributed by atoms with Crippen LogP contribution in [0.1, 0.15) is 50.7 Å². The van der Waals surface area contributed by atoms with Crippen LogP contribution in [0.5, 0.6) is 5.75 Å². The number of aliphatic hydroxyl groups is 1. The molecule has 0 saturated carbocycles. The van der Waals surface area contributed by atoms with E-state index in [1.807, 2.05) is 18.2 Å². The van der Waals surface area contributed by atoms with Gasteiger partial charge in [-0.2, -0.15) is 0 Å². The molecule has 1 aliphatic rings. The first-order valence-electron chi connectivity index (χ1n) is 10.2. The number of rotatable bonds is 7. The molecule has 1 atom stereocenters. The number of benzene rings is 2. The van der Waals surface area contributed by atoms with Crippen molar-refractivity contribution >= 4 is 0 Å². The average molecular weight is 368 g/mol. The highest BCUT2D eigenvalue weighted by Gasteiger charge is 2.22. The molecule has 0 bridgehead atoms. The van der Waals surface area contributed by atoms with E-state index in [0.717, 1.165) is 18.8 Å². The van der Waals surface area contributed by atoms with Gasteiger partial charge in [0.15, 0.2) is 0 Å². The van der Waals surface area contributed by atoms with E-state index in [2.05, 4.69) is 55.1 Å². The lowest BCUT2D eigenvalue weighted by atomic mass is 9.78. The Morgan fingerprint density at radius 3 is 2.11 bits per heavy atom. The van der Waals surface area contributed by atoms with Crippen LogP contribution in [-0.4, -0.2) is 42.4 Å². The smallest absolute Gasteiger partial charge is 0.119 e. The summed E-state index contributed by atoms with van der Waals surface area (Å²) in [5, 5.41) is 10.3. The topological polar surface area (TPSA) is 32.7 Å². The van der Waals surface area contributed by atoms with Crippen molar-refractivity contribution in [3.05, 3.63) is 65.7 Å². The van der Waals surface area contributed by atoms with Crippen molar-refractivity contribution in [2.24, 2.45) is 0 Å². The van der Waals surface area contributed by atoms with Crippen LogP contribution in [0.25, 0.3) is 0 Å². The van der Waals surface area contributed by atoms with Crippen molar-refractivity contribution in [1.82, 2.24) is 4.90 Å². The lowest BCUT2D eigenvalue weighted by molar-refractivity contribution is 0.0693. The van der Waals surface area contributed by atoms with E-state index in [4.69, 9.17) is 4.74 Å². The van der Waals surface area contributed by atoms with Crippen LogP contribution in [0.15, 0.2) is 54.6 Å². The SMILES string of the molecule is CC(C)(c1ccccc1)c1ccc(OCC(O)CN2CCCCCC2)cc1. The zero-order valence-electron chi connectivity index (χ0n) is 16.7. The van der Waals surface area contributed by atoms with Gasteiger partial charge >= 0.3 is 0 Å². The molecule has 1 unspecified atom stereocenters. The van der Waals surface area contributed by atoms with Crippen LogP contribution in [0.2, 0.25) is 0 Å². The quantitative estimate of drug-likeness (QED) is 0.774. The minimum Gasteiger partial charge on any atom is -0.491 e. The first kappa shape index (κ1) is 19.9. The van der Waals surface area contributed by atoms with Crippen molar-refractivity contribution in [3.63, 3.8) is 0 Å². The number of aliphatic hydroxyl groups excluding tert-OH is 1. The van der Waals surface area contributed by atoms with Crippen molar-refractivity contribution in [2.45, 2.75) is 51.0 Å². The largest absolute Gasteiger partial charge is 0.491 e. The fourth-order valence-corrected chi connectivity index (χ4v) is 3.85. The van der Waals surface area contributed by atoms with Crippen LogP contribution in [0.4, 0.5) is 0 Å². The molecule has 0 amide bonds. The second kappa shape index (κ2) is 9.38. The molecule has 3 nitrogen and oxygen atoms in total. The molecule has 1 aliphatic heterocycles. The normalized spacial score (nSPS) is 17.3. The molecule has 3 heteroatoms. The Labute approximate surface area is 164 Å². The number of likely N-dealkylation sites (tertiary alicyclic amines) is 1. The molecule has 1 fully saturated rings. The molecule has 2 aromatic rings. The molecule has 3 rings (SSSR count). The van der Waals surface area contributed by atoms with Crippen LogP contribution >= 0.6 is 0 Å². The summed E-state index contributed by atoms with van der Waals surface area (Å²) in [7, 11) is 0. The molecule has 1 saturated heterocycles. The molecule has 146 valence electrons. The first-order chi connectivity index (χ1) is 13.1. The number of ether oxygens (including phenoxy) is 1. The average Bonchev–Trinajstić information content (AvgIpc) is 2.96. The fourth-order valence-electron chi connectivity index (χ4n) is 3.85. The van der Waals surface area contributed by atoms with E-state index < -0.39 is 6.10 Å². The number of hydrogen-bond donors (Lipinski definition) is 1. The Kier molecular flexibility index (Phi) is 6.92. The Morgan fingerprint density at radius 2 is 1.48 bits per heavy atom. The van der Waals surface area contributed by atoms with E-state index in [0.29, 0.717) is 13.2 Å². The summed E-state index contributed by atoms with van der Waals surface area (Å²) in [6.07, 6.45) is 4.67. The minimum atomic E-state index is -0.441. The summed E-state index contributed by atoms with van der Waals surface area (Å²) >= 11 is 0. The molecule has 27 heavy (non-hydrogen) atoms. The lowest BCUT2D eigenvalue weighted by Crippen LogP contribution is -2.36. The monoisotopic (exact) mass is 367 g/mol. The third kappa shape index (κ3) is 5.57. The summed E-state index contributed by atoms with van der Waals surface area (Å²) in [6.45, 7) is 7.73. The van der Waals surface area contributed by atoms with Gasteiger partial charge in [-0.05, 0) is 49.2 Å². The number of nitrogens with zero attached hydrogens (tertiary/aromatic N) is 1. The van der Waals surface area contributed by atoms with Gasteiger partial charge in [0.2, 0.25) is 0 Å². The minimum absolute atomic E-state index is 0.0495. The Hall–Kier alpha value is -1.84. The van der Waals surface area contributed by atoms with Crippen molar-refractivity contribution in [3.8, 4) is 5.75 Å². The molecule has 2 aromatic carbocycles. The maximum Gasteiger partial charge on any atom is 0.119 e. The van der Waals surface area contributed by atoms with Crippen molar-refractivity contribution < 1.29 is 9.84 Å². The van der Waals surface area contributed by atoms with Gasteiger partial charge in [0.25, 0.3) is 0 Å². The molecule has 0 spiro atoms. The standard InChI is InChI=1S/C24H33NO2/c1-24(2,20-10-6-5-7-11-20)21-12-14-23(15-13-21)27-19-22(26)18-25-16-8-3-4-9-17-25/h5-7,10-15,22,26H,3-4,8-9,16-19H2,1-2H3. The highest BCUT2D eigenvalue weighted by molar-refractivity contribution is 5.39. The fraction of sp³-hybridized carbons (Fsp3) is 0.500. The third-order valence-corrected chi connectivity index (χ3v) is 5.68. The Morgan fingerprint density at radius 1 is 0.889 bits per heavy atom. The molecular weight excluding hydrogens is 334 g/mol. The van der Waals surface area contributed by atoms with E-state index >= 15 is 0 Å². The number of β-amino-alcohol motifs (C(OH)–C–C–N with tert-alkyl or cyclic N) is 1. The van der Waals surface area contributed by atoms with E-state index in [1.54, 1.807) is 0 Å². The van der Waals surface area contributed by atoms with Crippen LogP contribution < -0.4 is 4.74 Å².